The molecule has 1 aromatic heterocycles. The van der Waals surface area contributed by atoms with Crippen molar-refractivity contribution in [3.05, 3.63) is 24.0 Å². The van der Waals surface area contributed by atoms with Crippen molar-refractivity contribution < 1.29 is 4.79 Å². The Kier molecular flexibility index (Phi) is 5.19. The maximum atomic E-state index is 12.4. The third-order valence-electron chi connectivity index (χ3n) is 3.46. The van der Waals surface area contributed by atoms with Gasteiger partial charge < -0.3 is 10.2 Å². The number of hydrogen-bond donors (Lipinski definition) is 1. The molecular weight excluding hydrogens is 238 g/mol. The molecule has 4 heteroatoms. The molecule has 2 rings (SSSR count). The average Bonchev–Trinajstić information content (AvgIpc) is 2.73. The van der Waals surface area contributed by atoms with Gasteiger partial charge >= 0.3 is 0 Å². The molecule has 0 bridgehead atoms. The standard InChI is InChI=1S/C15H23N3O/c1-2-7-17-14-10-13(11-16-12-14)15(19)18-8-5-3-4-6-9-18/h10-12,17H,2-9H2,1H3. The SMILES string of the molecule is CCCNc1cncc(C(=O)N2CCCCCC2)c1. The molecule has 1 aliphatic rings. The number of carbonyl (C=O) groups excluding carboxylic acids is 1. The van der Waals surface area contributed by atoms with Gasteiger partial charge in [-0.05, 0) is 25.3 Å². The monoisotopic (exact) mass is 261 g/mol. The highest BCUT2D eigenvalue weighted by Gasteiger charge is 2.17. The summed E-state index contributed by atoms with van der Waals surface area (Å²) in [7, 11) is 0. The van der Waals surface area contributed by atoms with Gasteiger partial charge in [-0.3, -0.25) is 9.78 Å². The van der Waals surface area contributed by atoms with E-state index in [0.717, 1.165) is 44.6 Å². The van der Waals surface area contributed by atoms with Gasteiger partial charge in [-0.1, -0.05) is 19.8 Å². The van der Waals surface area contributed by atoms with Crippen LogP contribution in [0.25, 0.3) is 0 Å². The molecule has 4 nitrogen and oxygen atoms in total. The molecule has 0 saturated carbocycles. The largest absolute Gasteiger partial charge is 0.384 e. The lowest BCUT2D eigenvalue weighted by Crippen LogP contribution is -2.31. The molecular formula is C15H23N3O. The van der Waals surface area contributed by atoms with E-state index in [2.05, 4.69) is 17.2 Å². The zero-order valence-electron chi connectivity index (χ0n) is 11.7. The van der Waals surface area contributed by atoms with Crippen LogP contribution in [0.5, 0.6) is 0 Å². The zero-order valence-corrected chi connectivity index (χ0v) is 11.7. The number of hydrogen-bond acceptors (Lipinski definition) is 3. The summed E-state index contributed by atoms with van der Waals surface area (Å²) in [5.41, 5.74) is 1.63. The molecule has 1 aromatic rings. The van der Waals surface area contributed by atoms with Crippen LogP contribution in [0.4, 0.5) is 5.69 Å². The van der Waals surface area contributed by atoms with Crippen molar-refractivity contribution in [1.29, 1.82) is 0 Å². The van der Waals surface area contributed by atoms with Crippen molar-refractivity contribution in [3.8, 4) is 0 Å². The number of likely N-dealkylation sites (tertiary alicyclic amines) is 1. The Bertz CT molecular complexity index is 412. The summed E-state index contributed by atoms with van der Waals surface area (Å²) in [5.74, 6) is 0.120. The van der Waals surface area contributed by atoms with Crippen molar-refractivity contribution in [2.75, 3.05) is 25.0 Å². The number of nitrogens with one attached hydrogen (secondary N) is 1. The van der Waals surface area contributed by atoms with Crippen LogP contribution < -0.4 is 5.32 Å². The molecule has 1 amide bonds. The summed E-state index contributed by atoms with van der Waals surface area (Å²) in [5, 5.41) is 3.27. The lowest BCUT2D eigenvalue weighted by atomic mass is 10.2. The smallest absolute Gasteiger partial charge is 0.255 e. The fourth-order valence-electron chi connectivity index (χ4n) is 2.38. The minimum Gasteiger partial charge on any atom is -0.384 e. The van der Waals surface area contributed by atoms with Crippen LogP contribution >= 0.6 is 0 Å². The van der Waals surface area contributed by atoms with E-state index in [9.17, 15) is 4.79 Å². The van der Waals surface area contributed by atoms with Crippen molar-refractivity contribution in [2.24, 2.45) is 0 Å². The van der Waals surface area contributed by atoms with Crippen molar-refractivity contribution in [1.82, 2.24) is 9.88 Å². The van der Waals surface area contributed by atoms with E-state index in [1.165, 1.54) is 12.8 Å². The number of anilines is 1. The third-order valence-corrected chi connectivity index (χ3v) is 3.46. The minimum absolute atomic E-state index is 0.120. The molecule has 19 heavy (non-hydrogen) atoms. The average molecular weight is 261 g/mol. The van der Waals surface area contributed by atoms with Gasteiger partial charge in [0, 0.05) is 32.0 Å². The summed E-state index contributed by atoms with van der Waals surface area (Å²) in [6, 6.07) is 1.91. The maximum Gasteiger partial charge on any atom is 0.255 e. The Balaban J connectivity index is 2.04. The number of aromatic nitrogens is 1. The molecule has 0 atom stereocenters. The van der Waals surface area contributed by atoms with E-state index in [1.807, 2.05) is 11.0 Å². The summed E-state index contributed by atoms with van der Waals surface area (Å²) < 4.78 is 0. The lowest BCUT2D eigenvalue weighted by Gasteiger charge is -2.20. The van der Waals surface area contributed by atoms with Gasteiger partial charge in [0.15, 0.2) is 0 Å². The van der Waals surface area contributed by atoms with Gasteiger partial charge in [0.1, 0.15) is 0 Å². The molecule has 0 unspecified atom stereocenters. The Morgan fingerprint density at radius 1 is 1.26 bits per heavy atom. The molecule has 0 aromatic carbocycles. The molecule has 1 saturated heterocycles. The normalized spacial score (nSPS) is 15.9. The van der Waals surface area contributed by atoms with Crippen LogP contribution in [0.1, 0.15) is 49.4 Å². The fourth-order valence-corrected chi connectivity index (χ4v) is 2.38. The zero-order chi connectivity index (χ0) is 13.5. The summed E-state index contributed by atoms with van der Waals surface area (Å²) in [6.45, 7) is 4.78. The topological polar surface area (TPSA) is 45.2 Å². The van der Waals surface area contributed by atoms with Crippen molar-refractivity contribution in [2.45, 2.75) is 39.0 Å². The molecule has 1 aliphatic heterocycles. The molecule has 1 N–H and O–H groups in total. The summed E-state index contributed by atoms with van der Waals surface area (Å²) >= 11 is 0. The minimum atomic E-state index is 0.120. The predicted molar refractivity (Wildman–Crippen MR) is 77.4 cm³/mol. The van der Waals surface area contributed by atoms with Gasteiger partial charge in [0.2, 0.25) is 0 Å². The van der Waals surface area contributed by atoms with Crippen molar-refractivity contribution in [3.63, 3.8) is 0 Å². The molecule has 0 spiro atoms. The van der Waals surface area contributed by atoms with Crippen LogP contribution in [-0.2, 0) is 0 Å². The van der Waals surface area contributed by atoms with Gasteiger partial charge in [-0.2, -0.15) is 0 Å². The van der Waals surface area contributed by atoms with Crippen LogP contribution in [0.2, 0.25) is 0 Å². The summed E-state index contributed by atoms with van der Waals surface area (Å²) in [4.78, 5) is 18.6. The number of carbonyl (C=O) groups is 1. The third kappa shape index (κ3) is 3.94. The quantitative estimate of drug-likeness (QED) is 0.906. The second-order valence-electron chi connectivity index (χ2n) is 5.10. The second-order valence-corrected chi connectivity index (χ2v) is 5.10. The summed E-state index contributed by atoms with van der Waals surface area (Å²) in [6.07, 6.45) is 9.21. The van der Waals surface area contributed by atoms with Crippen LogP contribution in [-0.4, -0.2) is 35.4 Å². The molecule has 104 valence electrons. The Morgan fingerprint density at radius 2 is 2.00 bits per heavy atom. The highest BCUT2D eigenvalue weighted by atomic mass is 16.2. The lowest BCUT2D eigenvalue weighted by molar-refractivity contribution is 0.0761. The van der Waals surface area contributed by atoms with E-state index >= 15 is 0 Å². The first-order valence-corrected chi connectivity index (χ1v) is 7.29. The Hall–Kier alpha value is -1.58. The van der Waals surface area contributed by atoms with E-state index in [0.29, 0.717) is 5.56 Å². The van der Waals surface area contributed by atoms with E-state index in [-0.39, 0.29) is 5.91 Å². The van der Waals surface area contributed by atoms with E-state index < -0.39 is 0 Å². The van der Waals surface area contributed by atoms with Crippen molar-refractivity contribution >= 4 is 11.6 Å². The number of amides is 1. The van der Waals surface area contributed by atoms with E-state index in [1.54, 1.807) is 12.4 Å². The van der Waals surface area contributed by atoms with Crippen LogP contribution in [0, 0.1) is 0 Å². The van der Waals surface area contributed by atoms with Gasteiger partial charge in [-0.25, -0.2) is 0 Å². The molecule has 0 radical (unpaired) electrons. The van der Waals surface area contributed by atoms with Crippen LogP contribution in [0.15, 0.2) is 18.5 Å². The predicted octanol–water partition coefficient (Wildman–Crippen LogP) is 2.92. The molecule has 0 aliphatic carbocycles. The fraction of sp³-hybridized carbons (Fsp3) is 0.600. The van der Waals surface area contributed by atoms with Gasteiger partial charge in [-0.15, -0.1) is 0 Å². The maximum absolute atomic E-state index is 12.4. The van der Waals surface area contributed by atoms with Gasteiger partial charge in [0.25, 0.3) is 5.91 Å². The van der Waals surface area contributed by atoms with E-state index in [4.69, 9.17) is 0 Å². The van der Waals surface area contributed by atoms with Crippen LogP contribution in [0.3, 0.4) is 0 Å². The Labute approximate surface area is 115 Å². The molecule has 1 fully saturated rings. The number of rotatable bonds is 4. The first-order valence-electron chi connectivity index (χ1n) is 7.29. The number of pyridine rings is 1. The first kappa shape index (κ1) is 13.8. The molecule has 2 heterocycles. The highest BCUT2D eigenvalue weighted by Crippen LogP contribution is 2.15. The number of nitrogens with zero attached hydrogens (tertiary/aromatic N) is 2. The van der Waals surface area contributed by atoms with Gasteiger partial charge in [0.05, 0.1) is 11.3 Å². The Morgan fingerprint density at radius 3 is 2.68 bits per heavy atom. The first-order chi connectivity index (χ1) is 9.31. The second kappa shape index (κ2) is 7.12. The highest BCUT2D eigenvalue weighted by molar-refractivity contribution is 5.94.